The van der Waals surface area contributed by atoms with Crippen molar-refractivity contribution in [3.05, 3.63) is 48.8 Å². The lowest BCUT2D eigenvalue weighted by molar-refractivity contribution is 0.460. The Labute approximate surface area is 114 Å². The van der Waals surface area contributed by atoms with E-state index in [0.717, 1.165) is 11.1 Å². The molecule has 0 amide bonds. The van der Waals surface area contributed by atoms with Gasteiger partial charge in [0.15, 0.2) is 16.5 Å². The smallest absolute Gasteiger partial charge is 0.183 e. The summed E-state index contributed by atoms with van der Waals surface area (Å²) in [6.45, 7) is 0. The molecule has 5 nitrogen and oxygen atoms in total. The first-order valence-corrected chi connectivity index (χ1v) is 6.06. The van der Waals surface area contributed by atoms with Crippen molar-refractivity contribution in [2.75, 3.05) is 10.6 Å². The van der Waals surface area contributed by atoms with Gasteiger partial charge in [0.1, 0.15) is 0 Å². The van der Waals surface area contributed by atoms with Crippen LogP contribution in [-0.4, -0.2) is 15.3 Å². The van der Waals surface area contributed by atoms with Crippen LogP contribution in [0.3, 0.4) is 0 Å². The molecule has 0 aliphatic carbocycles. The number of nitrogens with zero attached hydrogens (tertiary/aromatic N) is 2. The van der Waals surface area contributed by atoms with Crippen LogP contribution < -0.4 is 10.6 Å². The molecule has 1 aromatic carbocycles. The van der Waals surface area contributed by atoms with Gasteiger partial charge in [0.25, 0.3) is 0 Å². The van der Waals surface area contributed by atoms with E-state index in [-0.39, 0.29) is 0 Å². The molecular formula is C13H10N4OS. The number of aromatic nitrogens is 2. The molecule has 0 atom stereocenters. The quantitative estimate of drug-likeness (QED) is 0.698. The lowest BCUT2D eigenvalue weighted by atomic mass is 10.2. The van der Waals surface area contributed by atoms with Gasteiger partial charge in [0.2, 0.25) is 0 Å². The Morgan fingerprint density at radius 3 is 2.84 bits per heavy atom. The summed E-state index contributed by atoms with van der Waals surface area (Å²) in [7, 11) is 0. The van der Waals surface area contributed by atoms with Crippen molar-refractivity contribution < 1.29 is 4.52 Å². The van der Waals surface area contributed by atoms with E-state index >= 15 is 0 Å². The highest BCUT2D eigenvalue weighted by Crippen LogP contribution is 2.22. The molecule has 3 aromatic rings. The molecule has 0 spiro atoms. The molecule has 19 heavy (non-hydrogen) atoms. The number of hydrogen-bond acceptors (Lipinski definition) is 4. The summed E-state index contributed by atoms with van der Waals surface area (Å²) in [6.07, 6.45) is 3.39. The molecule has 2 N–H and O–H groups in total. The van der Waals surface area contributed by atoms with Crippen LogP contribution in [0.4, 0.5) is 11.5 Å². The minimum atomic E-state index is 0.437. The monoisotopic (exact) mass is 270 g/mol. The van der Waals surface area contributed by atoms with E-state index in [1.165, 1.54) is 0 Å². The van der Waals surface area contributed by atoms with Crippen molar-refractivity contribution in [1.82, 2.24) is 10.1 Å². The molecule has 0 unspecified atom stereocenters. The van der Waals surface area contributed by atoms with Crippen molar-refractivity contribution in [2.45, 2.75) is 0 Å². The predicted molar refractivity (Wildman–Crippen MR) is 78.1 cm³/mol. The van der Waals surface area contributed by atoms with E-state index in [2.05, 4.69) is 20.8 Å². The number of para-hydroxylation sites is 1. The van der Waals surface area contributed by atoms with E-state index in [0.29, 0.717) is 16.5 Å². The highest BCUT2D eigenvalue weighted by atomic mass is 32.1. The molecule has 2 heterocycles. The topological polar surface area (TPSA) is 63.0 Å². The van der Waals surface area contributed by atoms with Gasteiger partial charge in [-0.25, -0.2) is 0 Å². The van der Waals surface area contributed by atoms with Crippen LogP contribution >= 0.6 is 12.2 Å². The van der Waals surface area contributed by atoms with E-state index in [9.17, 15) is 0 Å². The molecule has 0 saturated carbocycles. The van der Waals surface area contributed by atoms with E-state index in [4.69, 9.17) is 16.7 Å². The van der Waals surface area contributed by atoms with Crippen molar-refractivity contribution >= 4 is 39.8 Å². The average molecular weight is 270 g/mol. The van der Waals surface area contributed by atoms with Crippen LogP contribution in [0.5, 0.6) is 0 Å². The van der Waals surface area contributed by atoms with Gasteiger partial charge in [-0.15, -0.1) is 0 Å². The average Bonchev–Trinajstić information content (AvgIpc) is 2.83. The van der Waals surface area contributed by atoms with Gasteiger partial charge >= 0.3 is 0 Å². The zero-order valence-electron chi connectivity index (χ0n) is 9.83. The maximum atomic E-state index is 5.22. The molecule has 2 aromatic heterocycles. The Balaban J connectivity index is 1.76. The van der Waals surface area contributed by atoms with Crippen LogP contribution in [0, 0.1) is 0 Å². The highest BCUT2D eigenvalue weighted by molar-refractivity contribution is 7.80. The molecule has 0 radical (unpaired) electrons. The summed E-state index contributed by atoms with van der Waals surface area (Å²) < 4.78 is 5.19. The molecule has 0 fully saturated rings. The Morgan fingerprint density at radius 1 is 1.11 bits per heavy atom. The number of benzene rings is 1. The number of anilines is 2. The van der Waals surface area contributed by atoms with Gasteiger partial charge in [-0.05, 0) is 36.5 Å². The minimum absolute atomic E-state index is 0.437. The Bertz CT molecular complexity index is 711. The maximum absolute atomic E-state index is 5.22. The van der Waals surface area contributed by atoms with Gasteiger partial charge < -0.3 is 15.2 Å². The second-order valence-electron chi connectivity index (χ2n) is 3.85. The van der Waals surface area contributed by atoms with E-state index in [1.807, 2.05) is 36.4 Å². The predicted octanol–water partition coefficient (Wildman–Crippen LogP) is 3.03. The standard InChI is InChI=1S/C13H10N4OS/c19-13(15-9-4-3-7-14-8-9)16-12-10-5-1-2-6-11(10)18-17-12/h1-8H,(H2,15,16,17,19). The molecule has 94 valence electrons. The molecule has 3 rings (SSSR count). The number of rotatable bonds is 2. The van der Waals surface area contributed by atoms with Crippen LogP contribution in [0.2, 0.25) is 0 Å². The van der Waals surface area contributed by atoms with Crippen molar-refractivity contribution in [1.29, 1.82) is 0 Å². The first kappa shape index (κ1) is 11.6. The Hall–Kier alpha value is -2.47. The normalized spacial score (nSPS) is 10.3. The summed E-state index contributed by atoms with van der Waals surface area (Å²) >= 11 is 5.22. The zero-order chi connectivity index (χ0) is 13.1. The molecule has 0 bridgehead atoms. The second kappa shape index (κ2) is 5.03. The minimum Gasteiger partial charge on any atom is -0.354 e. The molecule has 6 heteroatoms. The fraction of sp³-hybridized carbons (Fsp3) is 0. The van der Waals surface area contributed by atoms with Gasteiger partial charge in [-0.2, -0.15) is 0 Å². The number of pyridine rings is 1. The summed E-state index contributed by atoms with van der Waals surface area (Å²) in [5.74, 6) is 0.594. The van der Waals surface area contributed by atoms with Gasteiger partial charge in [0, 0.05) is 6.20 Å². The van der Waals surface area contributed by atoms with Crippen molar-refractivity contribution in [3.63, 3.8) is 0 Å². The number of fused-ring (bicyclic) bond motifs is 1. The van der Waals surface area contributed by atoms with Gasteiger partial charge in [0.05, 0.1) is 17.3 Å². The van der Waals surface area contributed by atoms with E-state index in [1.54, 1.807) is 12.4 Å². The molecule has 0 aliphatic heterocycles. The Kier molecular flexibility index (Phi) is 3.07. The molecule has 0 saturated heterocycles. The third-order valence-corrected chi connectivity index (χ3v) is 2.73. The van der Waals surface area contributed by atoms with Crippen LogP contribution in [0.25, 0.3) is 11.0 Å². The lowest BCUT2D eigenvalue weighted by Gasteiger charge is -2.07. The number of thiocarbonyl (C=S) groups is 1. The maximum Gasteiger partial charge on any atom is 0.183 e. The first-order valence-electron chi connectivity index (χ1n) is 5.65. The first-order chi connectivity index (χ1) is 9.33. The number of nitrogens with one attached hydrogen (secondary N) is 2. The largest absolute Gasteiger partial charge is 0.354 e. The van der Waals surface area contributed by atoms with Gasteiger partial charge in [-0.3, -0.25) is 4.98 Å². The van der Waals surface area contributed by atoms with Crippen molar-refractivity contribution in [3.8, 4) is 0 Å². The zero-order valence-corrected chi connectivity index (χ0v) is 10.6. The summed E-state index contributed by atoms with van der Waals surface area (Å²) in [5, 5.41) is 11.3. The highest BCUT2D eigenvalue weighted by Gasteiger charge is 2.08. The van der Waals surface area contributed by atoms with Crippen LogP contribution in [0.15, 0.2) is 53.3 Å². The SMILES string of the molecule is S=C(Nc1cccnc1)Nc1noc2ccccc12. The lowest BCUT2D eigenvalue weighted by Crippen LogP contribution is -2.19. The summed E-state index contributed by atoms with van der Waals surface area (Å²) in [5.41, 5.74) is 1.53. The third-order valence-electron chi connectivity index (χ3n) is 2.53. The fourth-order valence-electron chi connectivity index (χ4n) is 1.68. The van der Waals surface area contributed by atoms with Crippen LogP contribution in [-0.2, 0) is 0 Å². The van der Waals surface area contributed by atoms with E-state index < -0.39 is 0 Å². The van der Waals surface area contributed by atoms with Crippen molar-refractivity contribution in [2.24, 2.45) is 0 Å². The molecule has 0 aliphatic rings. The second-order valence-corrected chi connectivity index (χ2v) is 4.26. The fourth-order valence-corrected chi connectivity index (χ4v) is 1.90. The van der Waals surface area contributed by atoms with Crippen LogP contribution in [0.1, 0.15) is 0 Å². The van der Waals surface area contributed by atoms with Gasteiger partial charge in [-0.1, -0.05) is 17.3 Å². The third kappa shape index (κ3) is 2.53. The summed E-state index contributed by atoms with van der Waals surface area (Å²) in [6, 6.07) is 11.3. The Morgan fingerprint density at radius 2 is 2.00 bits per heavy atom. The number of hydrogen-bond donors (Lipinski definition) is 2. The summed E-state index contributed by atoms with van der Waals surface area (Å²) in [4.78, 5) is 4.00. The molecular weight excluding hydrogens is 260 g/mol.